The number of methoxy groups -OCH3 is 2. The Morgan fingerprint density at radius 2 is 1.14 bits per heavy atom. The van der Waals surface area contributed by atoms with Gasteiger partial charge < -0.3 is 59.7 Å². The Kier molecular flexibility index (Phi) is 23.2. The number of hydrogen-bond acceptors (Lipinski definition) is 11. The third kappa shape index (κ3) is 19.1. The molecule has 2 fully saturated rings. The molecule has 9 atom stereocenters. The van der Waals surface area contributed by atoms with Crippen LogP contribution in [0.15, 0.2) is 97.1 Å². The van der Waals surface area contributed by atoms with E-state index in [0.717, 1.165) is 73.2 Å². The summed E-state index contributed by atoms with van der Waals surface area (Å²) in [6.07, 6.45) is -9.39. The van der Waals surface area contributed by atoms with Gasteiger partial charge in [-0.15, -0.1) is 0 Å². The van der Waals surface area contributed by atoms with Gasteiger partial charge in [0.1, 0.15) is 29.5 Å². The molecule has 79 heavy (non-hydrogen) atoms. The van der Waals surface area contributed by atoms with Crippen molar-refractivity contribution in [2.24, 2.45) is 11.8 Å². The molecular weight excluding hydrogens is 1040 g/mol. The van der Waals surface area contributed by atoms with E-state index in [2.05, 4.69) is 33.5 Å². The maximum absolute atomic E-state index is 14.1. The number of rotatable bonds is 26. The van der Waals surface area contributed by atoms with Crippen LogP contribution in [0.1, 0.15) is 94.4 Å². The molecule has 2 aliphatic heterocycles. The first-order chi connectivity index (χ1) is 37.7. The number of carbonyl (C=O) groups is 4. The summed E-state index contributed by atoms with van der Waals surface area (Å²) in [7, 11) is 3.08. The Morgan fingerprint density at radius 1 is 0.608 bits per heavy atom. The minimum absolute atomic E-state index is 0.00399. The number of ether oxygens (including phenoxy) is 7. The van der Waals surface area contributed by atoms with Crippen LogP contribution in [0.5, 0.6) is 11.5 Å². The third-order valence-electron chi connectivity index (χ3n) is 14.0. The van der Waals surface area contributed by atoms with E-state index in [0.29, 0.717) is 24.3 Å². The number of ketones is 1. The SMILES string of the molecule is CCCCCCCC(=O)CCC(=O)N[C@H]1C(COCc2ccc(OC)cc2)OCC(NC(=O)Nc2cccc(C(F)(F)F)c2)[C@H]1O[C@@H]1OC(COCc2ccc(OC)cc2)[C@H](C)[C@H](C)C1NC(=O)Nc1cccc(C(F)(F)F)c1. The number of hydrogen-bond donors (Lipinski definition) is 5. The molecule has 5 N–H and O–H groups in total. The molecule has 0 spiro atoms. The number of halogens is 6. The number of amides is 5. The summed E-state index contributed by atoms with van der Waals surface area (Å²) in [6, 6.07) is 17.0. The summed E-state index contributed by atoms with van der Waals surface area (Å²) in [4.78, 5) is 55.0. The molecule has 16 nitrogen and oxygen atoms in total. The van der Waals surface area contributed by atoms with Gasteiger partial charge in [-0.25, -0.2) is 9.59 Å². The molecule has 6 rings (SSSR count). The van der Waals surface area contributed by atoms with Gasteiger partial charge in [-0.3, -0.25) is 9.59 Å². The van der Waals surface area contributed by atoms with Crippen molar-refractivity contribution in [1.29, 1.82) is 0 Å². The van der Waals surface area contributed by atoms with Crippen LogP contribution in [-0.4, -0.2) is 101 Å². The Balaban J connectivity index is 1.34. The molecule has 4 aromatic rings. The topological polar surface area (TPSA) is 193 Å². The van der Waals surface area contributed by atoms with Gasteiger partial charge in [0.15, 0.2) is 6.29 Å². The van der Waals surface area contributed by atoms with Gasteiger partial charge in [0.25, 0.3) is 0 Å². The predicted molar refractivity (Wildman–Crippen MR) is 281 cm³/mol. The van der Waals surface area contributed by atoms with Crippen molar-refractivity contribution in [2.75, 3.05) is 44.7 Å². The standard InChI is InChI=1S/C57H71F6N5O11/c1-6-7-8-9-10-17-43(69)22-27-49(70)67-51-48(34-76-31-38-20-25-45(74-5)26-21-38)77-32-46(66-54(71)64-41-15-11-13-39(28-41)56(58,59)60)52(51)79-53-50(68-55(72)65-42-16-12-14-40(29-42)57(61,62)63)36(3)35(2)47(78-53)33-75-30-37-18-23-44(73-4)24-19-37/h11-16,18-21,23-26,28-29,35-36,46-48,50-53H,6-10,17,22,27,30-34H2,1-5H3,(H,67,70)(H2,64,66,71)(H2,65,68,72)/t35-,36+,46?,47?,48?,50?,51+,52-,53+/m1/s1. The first-order valence-corrected chi connectivity index (χ1v) is 26.4. The molecule has 4 aromatic carbocycles. The third-order valence-corrected chi connectivity index (χ3v) is 14.0. The zero-order valence-corrected chi connectivity index (χ0v) is 44.9. The number of nitrogens with one attached hydrogen (secondary N) is 5. The molecule has 0 aromatic heterocycles. The lowest BCUT2D eigenvalue weighted by molar-refractivity contribution is -0.277. The van der Waals surface area contributed by atoms with E-state index >= 15 is 0 Å². The van der Waals surface area contributed by atoms with E-state index in [-0.39, 0.29) is 69.0 Å². The lowest BCUT2D eigenvalue weighted by atomic mass is 9.82. The summed E-state index contributed by atoms with van der Waals surface area (Å²) >= 11 is 0. The Morgan fingerprint density at radius 3 is 1.67 bits per heavy atom. The molecule has 5 amide bonds. The molecule has 432 valence electrons. The van der Waals surface area contributed by atoms with Crippen LogP contribution < -0.4 is 36.1 Å². The van der Waals surface area contributed by atoms with E-state index in [9.17, 15) is 45.5 Å². The number of alkyl halides is 6. The van der Waals surface area contributed by atoms with Gasteiger partial charge in [-0.2, -0.15) is 26.3 Å². The highest BCUT2D eigenvalue weighted by molar-refractivity contribution is 5.90. The van der Waals surface area contributed by atoms with Crippen LogP contribution in [0.3, 0.4) is 0 Å². The molecule has 0 aliphatic carbocycles. The maximum atomic E-state index is 14.1. The van der Waals surface area contributed by atoms with Crippen molar-refractivity contribution in [2.45, 2.75) is 140 Å². The monoisotopic (exact) mass is 1120 g/mol. The van der Waals surface area contributed by atoms with Crippen molar-refractivity contribution in [1.82, 2.24) is 16.0 Å². The highest BCUT2D eigenvalue weighted by Gasteiger charge is 2.49. The van der Waals surface area contributed by atoms with Gasteiger partial charge in [0, 0.05) is 30.6 Å². The lowest BCUT2D eigenvalue weighted by Gasteiger charge is -2.49. The summed E-state index contributed by atoms with van der Waals surface area (Å²) in [5.74, 6) is -0.332. The molecule has 0 bridgehead atoms. The average Bonchev–Trinajstić information content (AvgIpc) is 3.48. The first kappa shape index (κ1) is 61.7. The van der Waals surface area contributed by atoms with Gasteiger partial charge in [0.05, 0.1) is 82.6 Å². The second kappa shape index (κ2) is 29.7. The Labute approximate surface area is 456 Å². The van der Waals surface area contributed by atoms with Gasteiger partial charge in [0.2, 0.25) is 5.91 Å². The second-order valence-electron chi connectivity index (χ2n) is 19.7. The number of benzene rings is 4. The van der Waals surface area contributed by atoms with Gasteiger partial charge >= 0.3 is 24.4 Å². The van der Waals surface area contributed by atoms with E-state index in [1.807, 2.05) is 26.0 Å². The number of urea groups is 2. The van der Waals surface area contributed by atoms with Crippen molar-refractivity contribution in [3.8, 4) is 11.5 Å². The van der Waals surface area contributed by atoms with Crippen LogP contribution >= 0.6 is 0 Å². The predicted octanol–water partition coefficient (Wildman–Crippen LogP) is 10.8. The molecule has 0 radical (unpaired) electrons. The minimum Gasteiger partial charge on any atom is -0.497 e. The van der Waals surface area contributed by atoms with Crippen LogP contribution in [0.2, 0.25) is 0 Å². The van der Waals surface area contributed by atoms with Crippen molar-refractivity contribution in [3.05, 3.63) is 119 Å². The summed E-state index contributed by atoms with van der Waals surface area (Å²) in [5, 5.41) is 13.5. The van der Waals surface area contributed by atoms with Crippen molar-refractivity contribution in [3.63, 3.8) is 0 Å². The zero-order chi connectivity index (χ0) is 57.1. The first-order valence-electron chi connectivity index (χ1n) is 26.4. The lowest BCUT2D eigenvalue weighted by Crippen LogP contribution is -2.69. The largest absolute Gasteiger partial charge is 0.497 e. The van der Waals surface area contributed by atoms with Crippen LogP contribution in [0.25, 0.3) is 0 Å². The van der Waals surface area contributed by atoms with Crippen LogP contribution in [-0.2, 0) is 58.8 Å². The van der Waals surface area contributed by atoms with Gasteiger partial charge in [-0.05, 0) is 90.0 Å². The fourth-order valence-corrected chi connectivity index (χ4v) is 9.27. The normalized spacial score (nSPS) is 22.3. The fourth-order valence-electron chi connectivity index (χ4n) is 9.27. The Bertz CT molecular complexity index is 2570. The summed E-state index contributed by atoms with van der Waals surface area (Å²) in [5.41, 5.74) is -0.785. The van der Waals surface area contributed by atoms with E-state index < -0.39 is 90.1 Å². The van der Waals surface area contributed by atoms with Crippen LogP contribution in [0.4, 0.5) is 47.3 Å². The smallest absolute Gasteiger partial charge is 0.416 e. The molecule has 4 unspecified atom stereocenters. The number of Topliss-reactive ketones (excluding diaryl/α,β-unsaturated/α-hetero) is 1. The Hall–Kier alpha value is -6.46. The summed E-state index contributed by atoms with van der Waals surface area (Å²) in [6.45, 7) is 5.53. The molecular formula is C57H71F6N5O11. The molecule has 0 saturated carbocycles. The van der Waals surface area contributed by atoms with Gasteiger partial charge in [-0.1, -0.05) is 82.9 Å². The highest BCUT2D eigenvalue weighted by atomic mass is 19.4. The highest BCUT2D eigenvalue weighted by Crippen LogP contribution is 2.36. The van der Waals surface area contributed by atoms with Crippen molar-refractivity contribution >= 4 is 35.1 Å². The van der Waals surface area contributed by atoms with E-state index in [1.165, 1.54) is 19.2 Å². The van der Waals surface area contributed by atoms with E-state index in [1.54, 1.807) is 43.5 Å². The summed E-state index contributed by atoms with van der Waals surface area (Å²) < 4.78 is 125. The van der Waals surface area contributed by atoms with E-state index in [4.69, 9.17) is 33.2 Å². The van der Waals surface area contributed by atoms with Crippen molar-refractivity contribution < 1.29 is 78.7 Å². The quantitative estimate of drug-likeness (QED) is 0.0297. The number of carbonyl (C=O) groups excluding carboxylic acids is 4. The fraction of sp³-hybridized carbons (Fsp3) is 0.509. The minimum atomic E-state index is -4.72. The second-order valence-corrected chi connectivity index (χ2v) is 19.7. The van der Waals surface area contributed by atoms with Crippen LogP contribution in [0, 0.1) is 11.8 Å². The molecule has 2 heterocycles. The molecule has 2 saturated heterocycles. The maximum Gasteiger partial charge on any atom is 0.416 e. The molecule has 2 aliphatic rings. The zero-order valence-electron chi connectivity index (χ0n) is 44.9. The number of anilines is 2. The number of unbranched alkanes of at least 4 members (excludes halogenated alkanes) is 4. The average molecular weight is 1120 g/mol. The molecule has 22 heteroatoms.